The van der Waals surface area contributed by atoms with Crippen LogP contribution in [0.25, 0.3) is 0 Å². The van der Waals surface area contributed by atoms with Crippen LogP contribution in [0.15, 0.2) is 42.5 Å². The fourth-order valence-corrected chi connectivity index (χ4v) is 3.38. The molecule has 1 aliphatic rings. The Bertz CT molecular complexity index is 877. The fourth-order valence-electron chi connectivity index (χ4n) is 2.74. The molecule has 0 atom stereocenters. The zero-order valence-corrected chi connectivity index (χ0v) is 16.0. The van der Waals surface area contributed by atoms with Gasteiger partial charge in [-0.1, -0.05) is 26.0 Å². The largest absolute Gasteiger partial charge is 0.322 e. The summed E-state index contributed by atoms with van der Waals surface area (Å²) >= 11 is 2.10. The quantitative estimate of drug-likeness (QED) is 0.572. The Balaban J connectivity index is 1.85. The number of imide groups is 1. The van der Waals surface area contributed by atoms with Crippen LogP contribution in [0.1, 0.15) is 44.9 Å². The highest BCUT2D eigenvalue weighted by Crippen LogP contribution is 2.27. The smallest absolute Gasteiger partial charge is 0.261 e. The van der Waals surface area contributed by atoms with Gasteiger partial charge in [0.15, 0.2) is 0 Å². The van der Waals surface area contributed by atoms with Crippen molar-refractivity contribution in [3.63, 3.8) is 0 Å². The van der Waals surface area contributed by atoms with Crippen molar-refractivity contribution < 1.29 is 14.4 Å². The minimum atomic E-state index is -0.306. The number of carbonyl (C=O) groups is 3. The van der Waals surface area contributed by atoms with Crippen LogP contribution in [0.4, 0.5) is 5.69 Å². The van der Waals surface area contributed by atoms with Gasteiger partial charge < -0.3 is 5.32 Å². The Morgan fingerprint density at radius 3 is 2.44 bits per heavy atom. The number of hydrogen-bond donors (Lipinski definition) is 1. The lowest BCUT2D eigenvalue weighted by atomic mass is 10.1. The third-order valence-corrected chi connectivity index (χ3v) is 4.84. The molecule has 0 saturated heterocycles. The van der Waals surface area contributed by atoms with Crippen LogP contribution in [-0.4, -0.2) is 29.2 Å². The first kappa shape index (κ1) is 17.6. The van der Waals surface area contributed by atoms with E-state index in [-0.39, 0.29) is 23.6 Å². The number of fused-ring (bicyclic) bond motifs is 1. The fraction of sp³-hybridized carbons (Fsp3) is 0.211. The number of benzene rings is 2. The van der Waals surface area contributed by atoms with Crippen molar-refractivity contribution in [1.82, 2.24) is 4.90 Å². The van der Waals surface area contributed by atoms with Gasteiger partial charge in [0.05, 0.1) is 16.7 Å². The summed E-state index contributed by atoms with van der Waals surface area (Å²) in [7, 11) is 0. The van der Waals surface area contributed by atoms with Crippen molar-refractivity contribution in [1.29, 1.82) is 0 Å². The minimum Gasteiger partial charge on any atom is -0.322 e. The summed E-state index contributed by atoms with van der Waals surface area (Å²) in [5.74, 6) is -0.634. The van der Waals surface area contributed by atoms with E-state index >= 15 is 0 Å². The predicted octanol–water partition coefficient (Wildman–Crippen LogP) is 3.80. The van der Waals surface area contributed by atoms with Crippen LogP contribution in [0.5, 0.6) is 0 Å². The van der Waals surface area contributed by atoms with Crippen LogP contribution < -0.4 is 5.32 Å². The van der Waals surface area contributed by atoms with Gasteiger partial charge in [0.1, 0.15) is 0 Å². The SMILES string of the molecule is CC(C)CN1C(=O)c2ccc(NC(=O)c3ccccc3I)cc2C1=O. The van der Waals surface area contributed by atoms with Gasteiger partial charge in [0.25, 0.3) is 17.7 Å². The molecule has 0 radical (unpaired) electrons. The highest BCUT2D eigenvalue weighted by Gasteiger charge is 2.35. The summed E-state index contributed by atoms with van der Waals surface area (Å²) in [6.45, 7) is 4.30. The Morgan fingerprint density at radius 1 is 1.08 bits per heavy atom. The van der Waals surface area contributed by atoms with Crippen molar-refractivity contribution in [2.45, 2.75) is 13.8 Å². The second-order valence-corrected chi connectivity index (χ2v) is 7.47. The van der Waals surface area contributed by atoms with Gasteiger partial charge in [0, 0.05) is 15.8 Å². The Labute approximate surface area is 159 Å². The first-order valence-electron chi connectivity index (χ1n) is 7.94. The van der Waals surface area contributed by atoms with Gasteiger partial charge >= 0.3 is 0 Å². The van der Waals surface area contributed by atoms with Gasteiger partial charge in [0.2, 0.25) is 0 Å². The molecule has 2 aromatic rings. The van der Waals surface area contributed by atoms with E-state index in [1.807, 2.05) is 26.0 Å². The molecule has 1 heterocycles. The number of nitrogens with zero attached hydrogens (tertiary/aromatic N) is 1. The summed E-state index contributed by atoms with van der Waals surface area (Å²) in [4.78, 5) is 38.5. The monoisotopic (exact) mass is 448 g/mol. The molecule has 1 aliphatic heterocycles. The van der Waals surface area contributed by atoms with E-state index < -0.39 is 0 Å². The molecule has 0 spiro atoms. The molecule has 0 aliphatic carbocycles. The Morgan fingerprint density at radius 2 is 1.76 bits per heavy atom. The predicted molar refractivity (Wildman–Crippen MR) is 104 cm³/mol. The van der Waals surface area contributed by atoms with E-state index in [1.54, 1.807) is 30.3 Å². The number of carbonyl (C=O) groups excluding carboxylic acids is 3. The molecule has 1 N–H and O–H groups in total. The summed E-state index contributed by atoms with van der Waals surface area (Å²) in [6.07, 6.45) is 0. The number of hydrogen-bond acceptors (Lipinski definition) is 3. The molecular weight excluding hydrogens is 431 g/mol. The molecule has 6 heteroatoms. The number of nitrogens with one attached hydrogen (secondary N) is 1. The van der Waals surface area contributed by atoms with Crippen molar-refractivity contribution in [2.75, 3.05) is 11.9 Å². The topological polar surface area (TPSA) is 66.5 Å². The summed E-state index contributed by atoms with van der Waals surface area (Å²) in [5.41, 5.74) is 1.78. The summed E-state index contributed by atoms with van der Waals surface area (Å²) in [5, 5.41) is 2.79. The molecule has 25 heavy (non-hydrogen) atoms. The van der Waals surface area contributed by atoms with Gasteiger partial charge in [-0.05, 0) is 58.8 Å². The lowest BCUT2D eigenvalue weighted by Gasteiger charge is -2.15. The third kappa shape index (κ3) is 3.44. The molecule has 0 bridgehead atoms. The normalized spacial score (nSPS) is 13.4. The second-order valence-electron chi connectivity index (χ2n) is 6.31. The lowest BCUT2D eigenvalue weighted by molar-refractivity contribution is 0.0636. The Hall–Kier alpha value is -2.22. The molecule has 3 amide bonds. The number of amides is 3. The zero-order valence-electron chi connectivity index (χ0n) is 13.9. The molecule has 128 valence electrons. The van der Waals surface area contributed by atoms with Crippen LogP contribution in [0.3, 0.4) is 0 Å². The summed E-state index contributed by atoms with van der Waals surface area (Å²) in [6, 6.07) is 12.1. The van der Waals surface area contributed by atoms with Crippen LogP contribution in [-0.2, 0) is 0 Å². The molecule has 0 fully saturated rings. The van der Waals surface area contributed by atoms with Gasteiger partial charge in [-0.15, -0.1) is 0 Å². The number of rotatable bonds is 4. The first-order chi connectivity index (χ1) is 11.9. The minimum absolute atomic E-state index is 0.196. The molecule has 3 rings (SSSR count). The molecule has 2 aromatic carbocycles. The molecule has 5 nitrogen and oxygen atoms in total. The van der Waals surface area contributed by atoms with Crippen molar-refractivity contribution >= 4 is 46.0 Å². The maximum absolute atomic E-state index is 12.5. The summed E-state index contributed by atoms with van der Waals surface area (Å²) < 4.78 is 0.841. The standard InChI is InChI=1S/C19H17IN2O3/c1-11(2)10-22-18(24)13-8-7-12(9-15(13)19(22)25)21-17(23)14-5-3-4-6-16(14)20/h3-9,11H,10H2,1-2H3,(H,21,23). The lowest BCUT2D eigenvalue weighted by Crippen LogP contribution is -2.33. The van der Waals surface area contributed by atoms with Gasteiger partial charge in [-0.3, -0.25) is 19.3 Å². The van der Waals surface area contributed by atoms with Crippen molar-refractivity contribution in [2.24, 2.45) is 5.92 Å². The van der Waals surface area contributed by atoms with Crippen LogP contribution >= 0.6 is 22.6 Å². The van der Waals surface area contributed by atoms with E-state index in [1.165, 1.54) is 4.90 Å². The molecule has 0 aromatic heterocycles. The van der Waals surface area contributed by atoms with Crippen LogP contribution in [0.2, 0.25) is 0 Å². The van der Waals surface area contributed by atoms with E-state index in [2.05, 4.69) is 27.9 Å². The molecular formula is C19H17IN2O3. The van der Waals surface area contributed by atoms with Crippen LogP contribution in [0, 0.1) is 9.49 Å². The van der Waals surface area contributed by atoms with Gasteiger partial charge in [-0.2, -0.15) is 0 Å². The highest BCUT2D eigenvalue weighted by molar-refractivity contribution is 14.1. The Kier molecular flexibility index (Phi) is 4.89. The van der Waals surface area contributed by atoms with Gasteiger partial charge in [-0.25, -0.2) is 0 Å². The first-order valence-corrected chi connectivity index (χ1v) is 9.02. The molecule has 0 unspecified atom stereocenters. The van der Waals surface area contributed by atoms with Crippen molar-refractivity contribution in [3.8, 4) is 0 Å². The average Bonchev–Trinajstić information content (AvgIpc) is 2.79. The second kappa shape index (κ2) is 6.95. The molecule has 0 saturated carbocycles. The average molecular weight is 448 g/mol. The third-order valence-electron chi connectivity index (χ3n) is 3.89. The number of halogens is 1. The maximum Gasteiger partial charge on any atom is 0.261 e. The van der Waals surface area contributed by atoms with Crippen molar-refractivity contribution in [3.05, 3.63) is 62.7 Å². The highest BCUT2D eigenvalue weighted by atomic mass is 127. The van der Waals surface area contributed by atoms with E-state index in [0.717, 1.165) is 3.57 Å². The van der Waals surface area contributed by atoms with E-state index in [0.29, 0.717) is 28.9 Å². The zero-order chi connectivity index (χ0) is 18.1. The maximum atomic E-state index is 12.5. The van der Waals surface area contributed by atoms with E-state index in [9.17, 15) is 14.4 Å². The number of anilines is 1. The van der Waals surface area contributed by atoms with E-state index in [4.69, 9.17) is 0 Å².